The second kappa shape index (κ2) is 13.0. The van der Waals surface area contributed by atoms with E-state index < -0.39 is 11.2 Å². The van der Waals surface area contributed by atoms with Crippen molar-refractivity contribution in [1.29, 1.82) is 0 Å². The maximum absolute atomic E-state index is 10.1. The number of halogens is 2. The van der Waals surface area contributed by atoms with E-state index in [2.05, 4.69) is 10.3 Å². The Labute approximate surface area is 279 Å². The summed E-state index contributed by atoms with van der Waals surface area (Å²) >= 11 is 14.1. The quantitative estimate of drug-likeness (QED) is 0.161. The van der Waals surface area contributed by atoms with Crippen LogP contribution in [0.5, 0.6) is 11.8 Å². The highest BCUT2D eigenvalue weighted by atomic mass is 35.5. The third-order valence-corrected chi connectivity index (χ3v) is 9.84. The van der Waals surface area contributed by atoms with Crippen LogP contribution in [-0.4, -0.2) is 61.6 Å². The summed E-state index contributed by atoms with van der Waals surface area (Å²) in [6.45, 7) is 4.20. The van der Waals surface area contributed by atoms with Crippen molar-refractivity contribution in [2.75, 3.05) is 14.2 Å². The Kier molecular flexibility index (Phi) is 9.24. The fraction of sp³-hybridized carbons (Fsp3) is 0.429. The number of benzene rings is 2. The molecule has 2 fully saturated rings. The van der Waals surface area contributed by atoms with Crippen LogP contribution in [0, 0.1) is 5.92 Å². The second-order valence-electron chi connectivity index (χ2n) is 13.0. The monoisotopic (exact) mass is 663 g/mol. The van der Waals surface area contributed by atoms with Crippen molar-refractivity contribution in [1.82, 2.24) is 25.3 Å². The Hall–Kier alpha value is -3.34. The molecule has 3 N–H and O–H groups in total. The number of aromatic nitrogens is 4. The molecule has 2 aromatic carbocycles. The highest BCUT2D eigenvalue weighted by Crippen LogP contribution is 2.43. The van der Waals surface area contributed by atoms with E-state index in [0.717, 1.165) is 42.5 Å². The standard InChI is InChI=1S/C35H39Cl2N5O4/c1-34(43)13-20(14-34)11-12-26-32(45-3)41-27(17-39-26)24-9-5-7-22(30(24)36)23-8-6-10-25(31(23)37)28-18-40-29(33(42-28)46-4)19-38-21-15-35(2,44)16-21/h5-10,17-18,20-21,38,43-44H,11-16,19H2,1-4H3. The molecule has 6 rings (SSSR count). The van der Waals surface area contributed by atoms with Gasteiger partial charge < -0.3 is 25.0 Å². The minimum Gasteiger partial charge on any atom is -0.480 e. The Balaban J connectivity index is 1.23. The molecule has 0 spiro atoms. The number of methoxy groups -OCH3 is 2. The normalized spacial score (nSPS) is 23.8. The van der Waals surface area contributed by atoms with Crippen molar-refractivity contribution in [2.45, 2.75) is 76.2 Å². The lowest BCUT2D eigenvalue weighted by atomic mass is 9.70. The SMILES string of the molecule is COc1nc(-c2cccc(-c3cccc(-c4cnc(CNC5CC(C)(O)C5)c(OC)n4)c3Cl)c2Cl)cnc1CCC1CC(C)(O)C1. The van der Waals surface area contributed by atoms with Crippen LogP contribution in [0.2, 0.25) is 10.0 Å². The van der Waals surface area contributed by atoms with Gasteiger partial charge in [0.25, 0.3) is 0 Å². The average Bonchev–Trinajstić information content (AvgIpc) is 3.01. The maximum atomic E-state index is 10.1. The molecule has 0 aliphatic heterocycles. The van der Waals surface area contributed by atoms with Gasteiger partial charge in [-0.05, 0) is 58.3 Å². The number of nitrogens with one attached hydrogen (secondary N) is 1. The first-order valence-corrected chi connectivity index (χ1v) is 16.3. The van der Waals surface area contributed by atoms with E-state index >= 15 is 0 Å². The van der Waals surface area contributed by atoms with Crippen LogP contribution < -0.4 is 14.8 Å². The van der Waals surface area contributed by atoms with E-state index in [0.29, 0.717) is 75.3 Å². The summed E-state index contributed by atoms with van der Waals surface area (Å²) in [7, 11) is 3.16. The molecule has 2 aliphatic carbocycles. The van der Waals surface area contributed by atoms with E-state index in [9.17, 15) is 10.2 Å². The predicted octanol–water partition coefficient (Wildman–Crippen LogP) is 6.69. The molecule has 0 amide bonds. The van der Waals surface area contributed by atoms with E-state index in [-0.39, 0.29) is 6.04 Å². The van der Waals surface area contributed by atoms with Gasteiger partial charge in [0.15, 0.2) is 0 Å². The van der Waals surface area contributed by atoms with Gasteiger partial charge in [-0.2, -0.15) is 0 Å². The van der Waals surface area contributed by atoms with Crippen LogP contribution in [0.3, 0.4) is 0 Å². The van der Waals surface area contributed by atoms with Crippen LogP contribution in [-0.2, 0) is 13.0 Å². The Bertz CT molecular complexity index is 1610. The van der Waals surface area contributed by atoms with Crippen molar-refractivity contribution in [3.63, 3.8) is 0 Å². The molecule has 2 aromatic heterocycles. The number of rotatable bonds is 11. The number of ether oxygens (including phenoxy) is 2. The van der Waals surface area contributed by atoms with Crippen molar-refractivity contribution in [3.05, 3.63) is 70.2 Å². The Morgan fingerprint density at radius 2 is 1.24 bits per heavy atom. The van der Waals surface area contributed by atoms with Gasteiger partial charge in [-0.3, -0.25) is 9.97 Å². The van der Waals surface area contributed by atoms with Crippen LogP contribution in [0.1, 0.15) is 57.3 Å². The number of aryl methyl sites for hydroxylation is 1. The average molecular weight is 665 g/mol. The van der Waals surface area contributed by atoms with Crippen molar-refractivity contribution >= 4 is 23.2 Å². The molecule has 0 bridgehead atoms. The Morgan fingerprint density at radius 3 is 1.74 bits per heavy atom. The van der Waals surface area contributed by atoms with Gasteiger partial charge in [0.1, 0.15) is 11.4 Å². The molecule has 0 unspecified atom stereocenters. The largest absolute Gasteiger partial charge is 0.480 e. The third-order valence-electron chi connectivity index (χ3n) is 9.03. The van der Waals surface area contributed by atoms with Gasteiger partial charge in [0.2, 0.25) is 11.8 Å². The van der Waals surface area contributed by atoms with E-state index in [1.807, 2.05) is 50.2 Å². The lowest BCUT2D eigenvalue weighted by molar-refractivity contribution is -0.0591. The fourth-order valence-electron chi connectivity index (χ4n) is 6.67. The van der Waals surface area contributed by atoms with Crippen LogP contribution in [0.15, 0.2) is 48.8 Å². The zero-order valence-electron chi connectivity index (χ0n) is 26.5. The molecule has 46 heavy (non-hydrogen) atoms. The van der Waals surface area contributed by atoms with E-state index in [4.69, 9.17) is 47.6 Å². The van der Waals surface area contributed by atoms with Gasteiger partial charge in [0.05, 0.1) is 59.2 Å². The van der Waals surface area contributed by atoms with Crippen molar-refractivity contribution in [3.8, 4) is 45.4 Å². The lowest BCUT2D eigenvalue weighted by Gasteiger charge is -2.41. The summed E-state index contributed by atoms with van der Waals surface area (Å²) in [4.78, 5) is 18.8. The van der Waals surface area contributed by atoms with Gasteiger partial charge in [-0.15, -0.1) is 0 Å². The zero-order chi connectivity index (χ0) is 32.6. The number of hydrogen-bond donors (Lipinski definition) is 3. The molecule has 2 heterocycles. The van der Waals surface area contributed by atoms with Gasteiger partial charge in [-0.25, -0.2) is 9.97 Å². The summed E-state index contributed by atoms with van der Waals surface area (Å²) in [5, 5.41) is 24.5. The fourth-order valence-corrected chi connectivity index (χ4v) is 7.31. The highest BCUT2D eigenvalue weighted by molar-refractivity contribution is 6.39. The summed E-state index contributed by atoms with van der Waals surface area (Å²) in [6.07, 6.45) is 8.08. The molecule has 9 nitrogen and oxygen atoms in total. The minimum atomic E-state index is -0.605. The number of aliphatic hydroxyl groups is 2. The topological polar surface area (TPSA) is 123 Å². The molecular weight excluding hydrogens is 625 g/mol. The Morgan fingerprint density at radius 1 is 0.761 bits per heavy atom. The van der Waals surface area contributed by atoms with Gasteiger partial charge >= 0.3 is 0 Å². The van der Waals surface area contributed by atoms with Crippen LogP contribution in [0.4, 0.5) is 0 Å². The maximum Gasteiger partial charge on any atom is 0.237 e. The van der Waals surface area contributed by atoms with Crippen LogP contribution in [0.25, 0.3) is 33.6 Å². The van der Waals surface area contributed by atoms with Crippen molar-refractivity contribution in [2.24, 2.45) is 5.92 Å². The first-order chi connectivity index (χ1) is 22.0. The lowest BCUT2D eigenvalue weighted by Crippen LogP contribution is -2.51. The van der Waals surface area contributed by atoms with Crippen LogP contribution >= 0.6 is 23.2 Å². The first-order valence-electron chi connectivity index (χ1n) is 15.5. The zero-order valence-corrected chi connectivity index (χ0v) is 28.0. The second-order valence-corrected chi connectivity index (χ2v) is 13.8. The number of hydrogen-bond acceptors (Lipinski definition) is 9. The smallest absolute Gasteiger partial charge is 0.237 e. The molecule has 0 atom stereocenters. The number of nitrogens with zero attached hydrogens (tertiary/aromatic N) is 4. The summed E-state index contributed by atoms with van der Waals surface area (Å²) in [5.41, 5.74) is 4.37. The molecule has 0 radical (unpaired) electrons. The van der Waals surface area contributed by atoms with Gasteiger partial charge in [-0.1, -0.05) is 59.6 Å². The molecule has 2 saturated carbocycles. The van der Waals surface area contributed by atoms with E-state index in [1.165, 1.54) is 0 Å². The summed E-state index contributed by atoms with van der Waals surface area (Å²) < 4.78 is 11.2. The summed E-state index contributed by atoms with van der Waals surface area (Å²) in [6, 6.07) is 11.7. The molecule has 2 aliphatic rings. The summed E-state index contributed by atoms with van der Waals surface area (Å²) in [5.74, 6) is 1.36. The third kappa shape index (κ3) is 6.85. The molecular formula is C35H39Cl2N5O4. The first kappa shape index (κ1) is 32.6. The highest BCUT2D eigenvalue weighted by Gasteiger charge is 2.38. The minimum absolute atomic E-state index is 0.231. The molecule has 4 aromatic rings. The van der Waals surface area contributed by atoms with Crippen molar-refractivity contribution < 1.29 is 19.7 Å². The predicted molar refractivity (Wildman–Crippen MR) is 179 cm³/mol. The molecule has 0 saturated heterocycles. The van der Waals surface area contributed by atoms with E-state index in [1.54, 1.807) is 26.6 Å². The molecule has 11 heteroatoms. The van der Waals surface area contributed by atoms with Gasteiger partial charge in [0, 0.05) is 34.8 Å². The molecule has 242 valence electrons.